The van der Waals surface area contributed by atoms with Crippen molar-refractivity contribution < 1.29 is 38.8 Å². The predicted molar refractivity (Wildman–Crippen MR) is 55.2 cm³/mol. The molecule has 2 aromatic rings. The standard InChI is InChI=1S/C13H8F4I/c14-10-3-7-12(8-4-10)18-11-5-1-9(2-6-11)13(15,16)17/h1-8H/q-1. The molecule has 0 radical (unpaired) electrons. The SMILES string of the molecule is Fc1ccc([I-]c2ccc(C(F)(F)F)cc2)cc1. The average molecular weight is 367 g/mol. The van der Waals surface area contributed by atoms with Crippen LogP contribution in [-0.2, 0) is 6.18 Å². The Morgan fingerprint density at radius 1 is 0.722 bits per heavy atom. The van der Waals surface area contributed by atoms with Crippen LogP contribution in [0.2, 0.25) is 0 Å². The number of hydrogen-bond acceptors (Lipinski definition) is 0. The summed E-state index contributed by atoms with van der Waals surface area (Å²) in [5.41, 5.74) is -0.644. The van der Waals surface area contributed by atoms with E-state index in [2.05, 4.69) is 0 Å². The van der Waals surface area contributed by atoms with E-state index in [-0.39, 0.29) is 5.82 Å². The second-order valence-corrected chi connectivity index (χ2v) is 6.57. The molecule has 0 heterocycles. The van der Waals surface area contributed by atoms with Gasteiger partial charge in [0, 0.05) is 0 Å². The van der Waals surface area contributed by atoms with Gasteiger partial charge in [0.1, 0.15) is 0 Å². The Kier molecular flexibility index (Phi) is 3.89. The van der Waals surface area contributed by atoms with E-state index in [1.54, 1.807) is 12.1 Å². The van der Waals surface area contributed by atoms with Gasteiger partial charge in [-0.25, -0.2) is 0 Å². The molecule has 2 rings (SSSR count). The first-order valence-corrected chi connectivity index (χ1v) is 7.18. The molecule has 0 aliphatic rings. The maximum atomic E-state index is 12.7. The van der Waals surface area contributed by atoms with Crippen LogP contribution >= 0.6 is 0 Å². The maximum absolute atomic E-state index is 12.7. The van der Waals surface area contributed by atoms with Gasteiger partial charge in [-0.2, -0.15) is 0 Å². The predicted octanol–water partition coefficient (Wildman–Crippen LogP) is 0.973. The summed E-state index contributed by atoms with van der Waals surface area (Å²) in [6, 6.07) is 11.2. The first-order chi connectivity index (χ1) is 8.45. The van der Waals surface area contributed by atoms with Gasteiger partial charge >= 0.3 is 112 Å². The zero-order valence-electron chi connectivity index (χ0n) is 9.01. The molecule has 0 N–H and O–H groups in total. The molecule has 96 valence electrons. The third kappa shape index (κ3) is 3.44. The molecular formula is C13H8F4I-. The van der Waals surface area contributed by atoms with E-state index in [0.717, 1.165) is 19.3 Å². The molecule has 0 aliphatic carbocycles. The van der Waals surface area contributed by atoms with Crippen molar-refractivity contribution in [2.45, 2.75) is 6.18 Å². The van der Waals surface area contributed by atoms with Gasteiger partial charge in [0.25, 0.3) is 0 Å². The van der Waals surface area contributed by atoms with Crippen LogP contribution in [0, 0.1) is 13.0 Å². The summed E-state index contributed by atoms with van der Waals surface area (Å²) in [6.45, 7) is 0. The Bertz CT molecular complexity index is 514. The summed E-state index contributed by atoms with van der Waals surface area (Å²) in [5.74, 6) is -0.310. The quantitative estimate of drug-likeness (QED) is 0.549. The molecule has 0 unspecified atom stereocenters. The molecule has 0 atom stereocenters. The van der Waals surface area contributed by atoms with Crippen molar-refractivity contribution in [1.29, 1.82) is 0 Å². The van der Waals surface area contributed by atoms with Gasteiger partial charge in [0.15, 0.2) is 0 Å². The van der Waals surface area contributed by atoms with Gasteiger partial charge in [-0.3, -0.25) is 0 Å². The van der Waals surface area contributed by atoms with Crippen molar-refractivity contribution >= 4 is 0 Å². The van der Waals surface area contributed by atoms with Crippen molar-refractivity contribution in [1.82, 2.24) is 0 Å². The van der Waals surface area contributed by atoms with Crippen molar-refractivity contribution in [3.8, 4) is 0 Å². The van der Waals surface area contributed by atoms with E-state index in [9.17, 15) is 17.6 Å². The number of benzene rings is 2. The molecule has 0 bridgehead atoms. The van der Waals surface area contributed by atoms with Crippen LogP contribution < -0.4 is 21.2 Å². The number of halogens is 5. The Balaban J connectivity index is 2.13. The summed E-state index contributed by atoms with van der Waals surface area (Å²) in [7, 11) is 0. The van der Waals surface area contributed by atoms with Crippen LogP contribution in [0.15, 0.2) is 48.5 Å². The van der Waals surface area contributed by atoms with Gasteiger partial charge in [-0.1, -0.05) is 0 Å². The molecule has 0 aliphatic heterocycles. The van der Waals surface area contributed by atoms with Crippen LogP contribution in [0.3, 0.4) is 0 Å². The van der Waals surface area contributed by atoms with Crippen LogP contribution in [0.1, 0.15) is 5.56 Å². The normalized spacial score (nSPS) is 11.8. The number of rotatable bonds is 2. The van der Waals surface area contributed by atoms with Crippen LogP contribution in [0.5, 0.6) is 0 Å². The van der Waals surface area contributed by atoms with E-state index in [1.165, 1.54) is 24.3 Å². The molecule has 5 heteroatoms. The van der Waals surface area contributed by atoms with Gasteiger partial charge in [-0.05, 0) is 0 Å². The van der Waals surface area contributed by atoms with Crippen LogP contribution in [0.25, 0.3) is 0 Å². The van der Waals surface area contributed by atoms with Gasteiger partial charge in [0.05, 0.1) is 0 Å². The monoisotopic (exact) mass is 367 g/mol. The molecule has 0 spiro atoms. The van der Waals surface area contributed by atoms with Crippen molar-refractivity contribution in [2.24, 2.45) is 0 Å². The second-order valence-electron chi connectivity index (χ2n) is 3.54. The molecule has 0 fully saturated rings. The molecule has 0 saturated carbocycles. The fourth-order valence-corrected chi connectivity index (χ4v) is 3.48. The van der Waals surface area contributed by atoms with E-state index in [1.807, 2.05) is 0 Å². The number of alkyl halides is 3. The minimum atomic E-state index is -4.30. The minimum absolute atomic E-state index is 0.310. The van der Waals surface area contributed by atoms with Gasteiger partial charge in [0.2, 0.25) is 0 Å². The second kappa shape index (κ2) is 5.26. The van der Waals surface area contributed by atoms with E-state index in [4.69, 9.17) is 0 Å². The van der Waals surface area contributed by atoms with E-state index >= 15 is 0 Å². The third-order valence-electron chi connectivity index (χ3n) is 2.19. The Morgan fingerprint density at radius 2 is 1.17 bits per heavy atom. The summed E-state index contributed by atoms with van der Waals surface area (Å²) in [4.78, 5) is 0. The Labute approximate surface area is 112 Å². The zero-order chi connectivity index (χ0) is 13.2. The van der Waals surface area contributed by atoms with E-state index < -0.39 is 32.9 Å². The zero-order valence-corrected chi connectivity index (χ0v) is 11.2. The Morgan fingerprint density at radius 3 is 1.61 bits per heavy atom. The van der Waals surface area contributed by atoms with Crippen molar-refractivity contribution in [3.05, 3.63) is 67.1 Å². The average Bonchev–Trinajstić information content (AvgIpc) is 2.32. The summed E-state index contributed by atoms with van der Waals surface area (Å²) < 4.78 is 51.6. The van der Waals surface area contributed by atoms with Crippen LogP contribution in [0.4, 0.5) is 17.6 Å². The summed E-state index contributed by atoms with van der Waals surface area (Å²) >= 11 is -0.568. The molecule has 0 nitrogen and oxygen atoms in total. The fraction of sp³-hybridized carbons (Fsp3) is 0.0769. The molecular weight excluding hydrogens is 359 g/mol. The summed E-state index contributed by atoms with van der Waals surface area (Å²) in [6.07, 6.45) is -4.30. The first kappa shape index (κ1) is 13.3. The molecule has 18 heavy (non-hydrogen) atoms. The van der Waals surface area contributed by atoms with Gasteiger partial charge < -0.3 is 0 Å². The Hall–Kier alpha value is -1.11. The summed E-state index contributed by atoms with van der Waals surface area (Å²) in [5, 5.41) is 0. The fourth-order valence-electron chi connectivity index (χ4n) is 1.32. The number of hydrogen-bond donors (Lipinski definition) is 0. The van der Waals surface area contributed by atoms with Crippen molar-refractivity contribution in [3.63, 3.8) is 0 Å². The van der Waals surface area contributed by atoms with Crippen molar-refractivity contribution in [2.75, 3.05) is 0 Å². The molecule has 2 aromatic carbocycles. The molecule has 0 aromatic heterocycles. The van der Waals surface area contributed by atoms with Gasteiger partial charge in [-0.15, -0.1) is 0 Å². The third-order valence-corrected chi connectivity index (χ3v) is 4.88. The first-order valence-electron chi connectivity index (χ1n) is 5.03. The molecule has 0 saturated heterocycles. The van der Waals surface area contributed by atoms with Crippen LogP contribution in [-0.4, -0.2) is 0 Å². The van der Waals surface area contributed by atoms with E-state index in [0.29, 0.717) is 0 Å². The topological polar surface area (TPSA) is 0 Å². The molecule has 0 amide bonds.